The predicted molar refractivity (Wildman–Crippen MR) is 67.9 cm³/mol. The SMILES string of the molecule is O=C(/C=C/OC1CCCCC1)c1ccccc1. The first-order chi connectivity index (χ1) is 8.36. The number of carbonyl (C=O) groups excluding carboxylic acids is 1. The largest absolute Gasteiger partial charge is 0.498 e. The molecule has 2 rings (SSSR count). The summed E-state index contributed by atoms with van der Waals surface area (Å²) in [5.74, 6) is 0.00131. The van der Waals surface area contributed by atoms with Gasteiger partial charge in [0.1, 0.15) is 0 Å². The Hall–Kier alpha value is -1.57. The van der Waals surface area contributed by atoms with Gasteiger partial charge in [0.2, 0.25) is 0 Å². The van der Waals surface area contributed by atoms with Crippen molar-refractivity contribution in [1.82, 2.24) is 0 Å². The van der Waals surface area contributed by atoms with Crippen molar-refractivity contribution < 1.29 is 9.53 Å². The fourth-order valence-electron chi connectivity index (χ4n) is 2.11. The minimum absolute atomic E-state index is 0.00131. The van der Waals surface area contributed by atoms with Crippen LogP contribution in [-0.4, -0.2) is 11.9 Å². The van der Waals surface area contributed by atoms with E-state index in [0.29, 0.717) is 11.7 Å². The van der Waals surface area contributed by atoms with E-state index in [1.165, 1.54) is 25.3 Å². The molecular weight excluding hydrogens is 212 g/mol. The fraction of sp³-hybridized carbons (Fsp3) is 0.400. The van der Waals surface area contributed by atoms with Crippen LogP contribution in [0.25, 0.3) is 0 Å². The third kappa shape index (κ3) is 3.74. The number of hydrogen-bond acceptors (Lipinski definition) is 2. The molecule has 0 saturated heterocycles. The molecule has 0 amide bonds. The van der Waals surface area contributed by atoms with Gasteiger partial charge in [0, 0.05) is 11.6 Å². The third-order valence-corrected chi connectivity index (χ3v) is 3.10. The predicted octanol–water partition coefficient (Wildman–Crippen LogP) is 3.73. The van der Waals surface area contributed by atoms with Gasteiger partial charge in [-0.15, -0.1) is 0 Å². The molecule has 17 heavy (non-hydrogen) atoms. The molecule has 0 unspecified atom stereocenters. The molecule has 0 heterocycles. The van der Waals surface area contributed by atoms with E-state index in [-0.39, 0.29) is 5.78 Å². The monoisotopic (exact) mass is 230 g/mol. The molecule has 1 aliphatic carbocycles. The topological polar surface area (TPSA) is 26.3 Å². The Morgan fingerprint density at radius 2 is 1.82 bits per heavy atom. The van der Waals surface area contributed by atoms with E-state index in [1.807, 2.05) is 30.3 Å². The highest BCUT2D eigenvalue weighted by Gasteiger charge is 2.12. The molecule has 1 saturated carbocycles. The number of ether oxygens (including phenoxy) is 1. The molecule has 0 atom stereocenters. The number of hydrogen-bond donors (Lipinski definition) is 0. The zero-order valence-electron chi connectivity index (χ0n) is 9.97. The molecule has 1 aromatic rings. The molecule has 1 aromatic carbocycles. The minimum atomic E-state index is 0.00131. The first-order valence-corrected chi connectivity index (χ1v) is 6.27. The zero-order chi connectivity index (χ0) is 11.9. The smallest absolute Gasteiger partial charge is 0.188 e. The van der Waals surface area contributed by atoms with E-state index in [0.717, 1.165) is 12.8 Å². The summed E-state index contributed by atoms with van der Waals surface area (Å²) >= 11 is 0. The van der Waals surface area contributed by atoms with Crippen molar-refractivity contribution in [1.29, 1.82) is 0 Å². The van der Waals surface area contributed by atoms with Crippen LogP contribution in [0.5, 0.6) is 0 Å². The maximum absolute atomic E-state index is 11.7. The van der Waals surface area contributed by atoms with Gasteiger partial charge >= 0.3 is 0 Å². The normalized spacial score (nSPS) is 17.2. The summed E-state index contributed by atoms with van der Waals surface area (Å²) < 4.78 is 5.57. The quantitative estimate of drug-likeness (QED) is 0.447. The summed E-state index contributed by atoms with van der Waals surface area (Å²) in [6.45, 7) is 0. The Morgan fingerprint density at radius 1 is 1.12 bits per heavy atom. The van der Waals surface area contributed by atoms with E-state index in [1.54, 1.807) is 6.26 Å². The average Bonchev–Trinajstić information content (AvgIpc) is 2.41. The van der Waals surface area contributed by atoms with Gasteiger partial charge in [-0.05, 0) is 25.7 Å². The van der Waals surface area contributed by atoms with Crippen LogP contribution in [0.4, 0.5) is 0 Å². The summed E-state index contributed by atoms with van der Waals surface area (Å²) in [5.41, 5.74) is 0.705. The van der Waals surface area contributed by atoms with Crippen molar-refractivity contribution in [2.24, 2.45) is 0 Å². The molecule has 1 aliphatic rings. The second-order valence-corrected chi connectivity index (χ2v) is 4.43. The van der Waals surface area contributed by atoms with Gasteiger partial charge in [0.15, 0.2) is 5.78 Å². The molecular formula is C15H18O2. The van der Waals surface area contributed by atoms with Gasteiger partial charge in [-0.1, -0.05) is 36.8 Å². The standard InChI is InChI=1S/C15H18O2/c16-15(13-7-3-1-4-8-13)11-12-17-14-9-5-2-6-10-14/h1,3-4,7-8,11-12,14H,2,5-6,9-10H2/b12-11+. The molecule has 1 fully saturated rings. The highest BCUT2D eigenvalue weighted by atomic mass is 16.5. The Morgan fingerprint density at radius 3 is 2.53 bits per heavy atom. The van der Waals surface area contributed by atoms with Crippen molar-refractivity contribution >= 4 is 5.78 Å². The highest BCUT2D eigenvalue weighted by molar-refractivity contribution is 6.04. The first-order valence-electron chi connectivity index (χ1n) is 6.27. The lowest BCUT2D eigenvalue weighted by atomic mass is 9.98. The van der Waals surface area contributed by atoms with Gasteiger partial charge in [-0.25, -0.2) is 0 Å². The molecule has 0 N–H and O–H groups in total. The van der Waals surface area contributed by atoms with Crippen molar-refractivity contribution in [2.75, 3.05) is 0 Å². The second-order valence-electron chi connectivity index (χ2n) is 4.43. The number of carbonyl (C=O) groups is 1. The number of rotatable bonds is 4. The number of ketones is 1. The van der Waals surface area contributed by atoms with E-state index in [9.17, 15) is 4.79 Å². The van der Waals surface area contributed by atoms with Crippen LogP contribution in [0.2, 0.25) is 0 Å². The molecule has 0 aromatic heterocycles. The molecule has 2 nitrogen and oxygen atoms in total. The third-order valence-electron chi connectivity index (χ3n) is 3.10. The van der Waals surface area contributed by atoms with Gasteiger partial charge in [-0.2, -0.15) is 0 Å². The van der Waals surface area contributed by atoms with Crippen LogP contribution in [0.3, 0.4) is 0 Å². The van der Waals surface area contributed by atoms with Crippen LogP contribution in [0, 0.1) is 0 Å². The Bertz CT molecular complexity index is 375. The van der Waals surface area contributed by atoms with Crippen LogP contribution in [0.1, 0.15) is 42.5 Å². The molecule has 2 heteroatoms. The lowest BCUT2D eigenvalue weighted by molar-refractivity contribution is 0.0983. The van der Waals surface area contributed by atoms with Crippen molar-refractivity contribution in [3.63, 3.8) is 0 Å². The molecule has 0 radical (unpaired) electrons. The van der Waals surface area contributed by atoms with Gasteiger partial charge in [-0.3, -0.25) is 4.79 Å². The molecule has 0 bridgehead atoms. The van der Waals surface area contributed by atoms with Crippen molar-refractivity contribution in [3.05, 3.63) is 48.2 Å². The second kappa shape index (κ2) is 6.24. The van der Waals surface area contributed by atoms with Crippen LogP contribution < -0.4 is 0 Å². The lowest BCUT2D eigenvalue weighted by Gasteiger charge is -2.20. The lowest BCUT2D eigenvalue weighted by Crippen LogP contribution is -2.13. The number of allylic oxidation sites excluding steroid dienone is 1. The first kappa shape index (κ1) is 11.9. The maximum atomic E-state index is 11.7. The van der Waals surface area contributed by atoms with E-state index in [4.69, 9.17) is 4.74 Å². The Balaban J connectivity index is 1.82. The van der Waals surface area contributed by atoms with Crippen molar-refractivity contribution in [2.45, 2.75) is 38.2 Å². The van der Waals surface area contributed by atoms with E-state index < -0.39 is 0 Å². The van der Waals surface area contributed by atoms with Crippen LogP contribution >= 0.6 is 0 Å². The summed E-state index contributed by atoms with van der Waals surface area (Å²) in [4.78, 5) is 11.7. The van der Waals surface area contributed by atoms with Crippen molar-refractivity contribution in [3.8, 4) is 0 Å². The highest BCUT2D eigenvalue weighted by Crippen LogP contribution is 2.20. The molecule has 0 aliphatic heterocycles. The van der Waals surface area contributed by atoms with E-state index >= 15 is 0 Å². The number of benzene rings is 1. The summed E-state index contributed by atoms with van der Waals surface area (Å²) in [6.07, 6.45) is 9.41. The fourth-order valence-corrected chi connectivity index (χ4v) is 2.11. The average molecular weight is 230 g/mol. The summed E-state index contributed by atoms with van der Waals surface area (Å²) in [5, 5.41) is 0. The zero-order valence-corrected chi connectivity index (χ0v) is 9.97. The van der Waals surface area contributed by atoms with E-state index in [2.05, 4.69) is 0 Å². The summed E-state index contributed by atoms with van der Waals surface area (Å²) in [7, 11) is 0. The summed E-state index contributed by atoms with van der Waals surface area (Å²) in [6, 6.07) is 9.26. The van der Waals surface area contributed by atoms with Gasteiger partial charge in [0.05, 0.1) is 12.4 Å². The van der Waals surface area contributed by atoms with Crippen LogP contribution in [0.15, 0.2) is 42.7 Å². The minimum Gasteiger partial charge on any atom is -0.498 e. The molecule has 0 spiro atoms. The molecule has 90 valence electrons. The Kier molecular flexibility index (Phi) is 4.37. The Labute approximate surface area is 102 Å². The van der Waals surface area contributed by atoms with Crippen LogP contribution in [-0.2, 0) is 4.74 Å². The maximum Gasteiger partial charge on any atom is 0.188 e. The van der Waals surface area contributed by atoms with Gasteiger partial charge < -0.3 is 4.74 Å². The van der Waals surface area contributed by atoms with Gasteiger partial charge in [0.25, 0.3) is 0 Å².